The number of para-hydroxylation sites is 1. The van der Waals surface area contributed by atoms with Crippen molar-refractivity contribution in [1.29, 1.82) is 0 Å². The van der Waals surface area contributed by atoms with Gasteiger partial charge in [-0.3, -0.25) is 10.6 Å². The van der Waals surface area contributed by atoms with Crippen LogP contribution in [0.4, 0.5) is 5.69 Å². The molecule has 6 nitrogen and oxygen atoms in total. The molecule has 0 spiro atoms. The smallest absolute Gasteiger partial charge is 0.270 e. The standard InChI is InChI=1S/C15H18N4O2/c16-19-13-8-14(18-12-6-2-1-5-11(12)13)15(20)17-10-4-3-7-21-9-10/h1-2,5-6,8,10H,3-4,7,9,16H2,(H,17,20)(H,18,19). The maximum Gasteiger partial charge on any atom is 0.270 e. The molecule has 0 aliphatic carbocycles. The second-order valence-electron chi connectivity index (χ2n) is 5.10. The van der Waals surface area contributed by atoms with Gasteiger partial charge in [-0.1, -0.05) is 18.2 Å². The van der Waals surface area contributed by atoms with Gasteiger partial charge in [-0.25, -0.2) is 4.98 Å². The number of carbonyl (C=O) groups is 1. The number of pyridine rings is 1. The van der Waals surface area contributed by atoms with Gasteiger partial charge in [0.05, 0.1) is 23.9 Å². The third-order valence-corrected chi connectivity index (χ3v) is 3.60. The van der Waals surface area contributed by atoms with Crippen LogP contribution in [0.25, 0.3) is 10.9 Å². The summed E-state index contributed by atoms with van der Waals surface area (Å²) < 4.78 is 5.37. The second-order valence-corrected chi connectivity index (χ2v) is 5.10. The summed E-state index contributed by atoms with van der Waals surface area (Å²) in [7, 11) is 0. The third kappa shape index (κ3) is 2.96. The van der Waals surface area contributed by atoms with Crippen LogP contribution in [-0.2, 0) is 4.74 Å². The molecule has 1 aliphatic rings. The van der Waals surface area contributed by atoms with Gasteiger partial charge in [0.1, 0.15) is 5.69 Å². The van der Waals surface area contributed by atoms with Crippen LogP contribution in [0.5, 0.6) is 0 Å². The number of amides is 1. The topological polar surface area (TPSA) is 89.3 Å². The summed E-state index contributed by atoms with van der Waals surface area (Å²) in [6.45, 7) is 1.32. The maximum atomic E-state index is 12.3. The summed E-state index contributed by atoms with van der Waals surface area (Å²) in [4.78, 5) is 16.7. The molecule has 0 saturated carbocycles. The fourth-order valence-electron chi connectivity index (χ4n) is 2.53. The van der Waals surface area contributed by atoms with Gasteiger partial charge in [-0.2, -0.15) is 0 Å². The summed E-state index contributed by atoms with van der Waals surface area (Å²) >= 11 is 0. The van der Waals surface area contributed by atoms with E-state index in [9.17, 15) is 4.79 Å². The zero-order chi connectivity index (χ0) is 14.7. The molecule has 6 heteroatoms. The summed E-state index contributed by atoms with van der Waals surface area (Å²) in [5.41, 5.74) is 4.40. The van der Waals surface area contributed by atoms with Crippen LogP contribution in [0.2, 0.25) is 0 Å². The Labute approximate surface area is 122 Å². The lowest BCUT2D eigenvalue weighted by Crippen LogP contribution is -2.40. The molecule has 1 fully saturated rings. The SMILES string of the molecule is NNc1cc(C(=O)NC2CCCOC2)nc2ccccc12. The van der Waals surface area contributed by atoms with Crippen molar-refractivity contribution in [3.63, 3.8) is 0 Å². The molecule has 1 atom stereocenters. The monoisotopic (exact) mass is 286 g/mol. The molecule has 110 valence electrons. The van der Waals surface area contributed by atoms with Crippen molar-refractivity contribution in [3.05, 3.63) is 36.0 Å². The molecule has 1 unspecified atom stereocenters. The molecule has 2 heterocycles. The van der Waals surface area contributed by atoms with E-state index in [0.29, 0.717) is 18.0 Å². The molecule has 1 saturated heterocycles. The van der Waals surface area contributed by atoms with Crippen LogP contribution < -0.4 is 16.6 Å². The number of anilines is 1. The molecule has 2 aromatic rings. The van der Waals surface area contributed by atoms with Crippen molar-refractivity contribution in [2.24, 2.45) is 5.84 Å². The average molecular weight is 286 g/mol. The highest BCUT2D eigenvalue weighted by molar-refractivity contribution is 5.99. The van der Waals surface area contributed by atoms with Crippen molar-refractivity contribution < 1.29 is 9.53 Å². The number of hydrogen-bond donors (Lipinski definition) is 3. The minimum atomic E-state index is -0.201. The van der Waals surface area contributed by atoms with E-state index in [0.717, 1.165) is 30.4 Å². The highest BCUT2D eigenvalue weighted by atomic mass is 16.5. The van der Waals surface area contributed by atoms with E-state index in [1.807, 2.05) is 24.3 Å². The highest BCUT2D eigenvalue weighted by Gasteiger charge is 2.18. The quantitative estimate of drug-likeness (QED) is 0.586. The molecule has 1 amide bonds. The van der Waals surface area contributed by atoms with E-state index in [-0.39, 0.29) is 11.9 Å². The van der Waals surface area contributed by atoms with Crippen LogP contribution in [0.15, 0.2) is 30.3 Å². The van der Waals surface area contributed by atoms with Crippen LogP contribution in [0, 0.1) is 0 Å². The minimum absolute atomic E-state index is 0.0498. The maximum absolute atomic E-state index is 12.3. The number of fused-ring (bicyclic) bond motifs is 1. The zero-order valence-electron chi connectivity index (χ0n) is 11.6. The molecule has 1 aliphatic heterocycles. The van der Waals surface area contributed by atoms with Crippen molar-refractivity contribution in [1.82, 2.24) is 10.3 Å². The Hall–Kier alpha value is -2.18. The first-order chi connectivity index (χ1) is 10.3. The highest BCUT2D eigenvalue weighted by Crippen LogP contribution is 2.22. The van der Waals surface area contributed by atoms with Gasteiger partial charge >= 0.3 is 0 Å². The molecule has 0 bridgehead atoms. The fraction of sp³-hybridized carbons (Fsp3) is 0.333. The summed E-state index contributed by atoms with van der Waals surface area (Å²) in [6.07, 6.45) is 1.90. The Morgan fingerprint density at radius 3 is 3.00 bits per heavy atom. The number of nitrogens with one attached hydrogen (secondary N) is 2. The first-order valence-corrected chi connectivity index (χ1v) is 7.03. The predicted octanol–water partition coefficient (Wildman–Crippen LogP) is 1.43. The molecular weight excluding hydrogens is 268 g/mol. The van der Waals surface area contributed by atoms with Gasteiger partial charge in [0.25, 0.3) is 5.91 Å². The van der Waals surface area contributed by atoms with E-state index < -0.39 is 0 Å². The van der Waals surface area contributed by atoms with E-state index >= 15 is 0 Å². The first kappa shape index (κ1) is 13.8. The number of hydrazine groups is 1. The number of aromatic nitrogens is 1. The largest absolute Gasteiger partial charge is 0.379 e. The third-order valence-electron chi connectivity index (χ3n) is 3.60. The van der Waals surface area contributed by atoms with Gasteiger partial charge in [0.15, 0.2) is 0 Å². The minimum Gasteiger partial charge on any atom is -0.379 e. The Balaban J connectivity index is 1.87. The van der Waals surface area contributed by atoms with Crippen molar-refractivity contribution >= 4 is 22.5 Å². The molecule has 1 aromatic carbocycles. The number of nitrogens with zero attached hydrogens (tertiary/aromatic N) is 1. The van der Waals surface area contributed by atoms with Gasteiger partial charge < -0.3 is 15.5 Å². The van der Waals surface area contributed by atoms with E-state index in [1.165, 1.54) is 0 Å². The van der Waals surface area contributed by atoms with Crippen LogP contribution in [-0.4, -0.2) is 30.1 Å². The molecular formula is C15H18N4O2. The molecule has 0 radical (unpaired) electrons. The van der Waals surface area contributed by atoms with Gasteiger partial charge in [-0.15, -0.1) is 0 Å². The van der Waals surface area contributed by atoms with Crippen molar-refractivity contribution in [2.75, 3.05) is 18.6 Å². The summed E-state index contributed by atoms with van der Waals surface area (Å²) in [5.74, 6) is 5.34. The van der Waals surface area contributed by atoms with Crippen LogP contribution >= 0.6 is 0 Å². The number of nitrogens with two attached hydrogens (primary N) is 1. The normalized spacial score (nSPS) is 18.4. The number of nitrogen functional groups attached to an aromatic ring is 1. The average Bonchev–Trinajstić information content (AvgIpc) is 2.54. The Morgan fingerprint density at radius 1 is 1.38 bits per heavy atom. The van der Waals surface area contributed by atoms with Crippen LogP contribution in [0.1, 0.15) is 23.3 Å². The number of benzene rings is 1. The molecule has 3 rings (SSSR count). The lowest BCUT2D eigenvalue weighted by atomic mass is 10.1. The summed E-state index contributed by atoms with van der Waals surface area (Å²) in [6, 6.07) is 9.27. The molecule has 4 N–H and O–H groups in total. The van der Waals surface area contributed by atoms with Gasteiger partial charge in [0, 0.05) is 12.0 Å². The van der Waals surface area contributed by atoms with E-state index in [4.69, 9.17) is 10.6 Å². The first-order valence-electron chi connectivity index (χ1n) is 7.03. The van der Waals surface area contributed by atoms with Crippen molar-refractivity contribution in [2.45, 2.75) is 18.9 Å². The summed E-state index contributed by atoms with van der Waals surface area (Å²) in [5, 5.41) is 3.84. The number of carbonyl (C=O) groups excluding carboxylic acids is 1. The van der Waals surface area contributed by atoms with Gasteiger partial charge in [0.2, 0.25) is 0 Å². The lowest BCUT2D eigenvalue weighted by molar-refractivity contribution is 0.0622. The zero-order valence-corrected chi connectivity index (χ0v) is 11.6. The molecule has 21 heavy (non-hydrogen) atoms. The number of hydrogen-bond acceptors (Lipinski definition) is 5. The Bertz CT molecular complexity index is 653. The molecule has 1 aromatic heterocycles. The van der Waals surface area contributed by atoms with Crippen LogP contribution in [0.3, 0.4) is 0 Å². The number of ether oxygens (including phenoxy) is 1. The fourth-order valence-corrected chi connectivity index (χ4v) is 2.53. The second kappa shape index (κ2) is 6.07. The Kier molecular flexibility index (Phi) is 3.98. The lowest BCUT2D eigenvalue weighted by Gasteiger charge is -2.23. The van der Waals surface area contributed by atoms with E-state index in [1.54, 1.807) is 6.07 Å². The number of rotatable bonds is 3. The van der Waals surface area contributed by atoms with E-state index in [2.05, 4.69) is 15.7 Å². The predicted molar refractivity (Wildman–Crippen MR) is 80.9 cm³/mol. The van der Waals surface area contributed by atoms with Crippen molar-refractivity contribution in [3.8, 4) is 0 Å². The Morgan fingerprint density at radius 2 is 2.24 bits per heavy atom. The van der Waals surface area contributed by atoms with Gasteiger partial charge in [-0.05, 0) is 25.0 Å².